The highest BCUT2D eigenvalue weighted by molar-refractivity contribution is 9.10. The van der Waals surface area contributed by atoms with Gasteiger partial charge in [-0.3, -0.25) is 9.59 Å². The van der Waals surface area contributed by atoms with Crippen LogP contribution >= 0.6 is 27.3 Å². The lowest BCUT2D eigenvalue weighted by Crippen LogP contribution is -2.40. The largest absolute Gasteiger partial charge is 0.481 e. The molecular weight excluding hydrogens is 368 g/mol. The van der Waals surface area contributed by atoms with Gasteiger partial charge in [-0.05, 0) is 32.0 Å². The number of hydrogen-bond acceptors (Lipinski definition) is 4. The number of rotatable bonds is 6. The van der Waals surface area contributed by atoms with E-state index in [1.54, 1.807) is 25.2 Å². The standard InChI is InChI=1S/C15H17BrN2O3S/c1-8(15(20)21)9(2)17-13(19)5-6-14-18-11-7-10(16)3-4-12(11)22-14/h3-4,7-9H,5-6H2,1-2H3,(H,17,19)(H,20,21). The van der Waals surface area contributed by atoms with E-state index in [1.165, 1.54) is 0 Å². The van der Waals surface area contributed by atoms with E-state index in [9.17, 15) is 9.59 Å². The summed E-state index contributed by atoms with van der Waals surface area (Å²) in [6.45, 7) is 3.28. The van der Waals surface area contributed by atoms with E-state index >= 15 is 0 Å². The highest BCUT2D eigenvalue weighted by Gasteiger charge is 2.20. The highest BCUT2D eigenvalue weighted by Crippen LogP contribution is 2.25. The summed E-state index contributed by atoms with van der Waals surface area (Å²) in [5, 5.41) is 12.5. The van der Waals surface area contributed by atoms with E-state index in [2.05, 4.69) is 26.2 Å². The number of nitrogens with one attached hydrogen (secondary N) is 1. The van der Waals surface area contributed by atoms with Gasteiger partial charge in [0.2, 0.25) is 5.91 Å². The van der Waals surface area contributed by atoms with Crippen molar-refractivity contribution < 1.29 is 14.7 Å². The van der Waals surface area contributed by atoms with Crippen LogP contribution in [0.5, 0.6) is 0 Å². The molecule has 5 nitrogen and oxygen atoms in total. The Kier molecular flexibility index (Phi) is 5.52. The van der Waals surface area contributed by atoms with E-state index < -0.39 is 17.9 Å². The molecule has 0 saturated heterocycles. The molecule has 7 heteroatoms. The zero-order valence-electron chi connectivity index (χ0n) is 12.3. The maximum absolute atomic E-state index is 11.9. The Bertz CT molecular complexity index is 701. The van der Waals surface area contributed by atoms with Crippen molar-refractivity contribution in [3.05, 3.63) is 27.7 Å². The number of carboxylic acid groups (broad SMARTS) is 1. The maximum Gasteiger partial charge on any atom is 0.308 e. The Balaban J connectivity index is 1.91. The third kappa shape index (κ3) is 4.27. The molecule has 0 radical (unpaired) electrons. The van der Waals surface area contributed by atoms with Gasteiger partial charge in [0.25, 0.3) is 0 Å². The van der Waals surface area contributed by atoms with Crippen LogP contribution in [0.1, 0.15) is 25.3 Å². The predicted octanol–water partition coefficient (Wildman–Crippen LogP) is 3.22. The van der Waals surface area contributed by atoms with Gasteiger partial charge in [-0.25, -0.2) is 4.98 Å². The van der Waals surface area contributed by atoms with Crippen molar-refractivity contribution in [1.29, 1.82) is 0 Å². The fourth-order valence-corrected chi connectivity index (χ4v) is 3.24. The third-order valence-electron chi connectivity index (χ3n) is 3.49. The lowest BCUT2D eigenvalue weighted by molar-refractivity contribution is -0.142. The number of thiazole rings is 1. The minimum Gasteiger partial charge on any atom is -0.481 e. The van der Waals surface area contributed by atoms with Crippen molar-refractivity contribution in [2.75, 3.05) is 0 Å². The lowest BCUT2D eigenvalue weighted by Gasteiger charge is -2.17. The number of benzene rings is 1. The smallest absolute Gasteiger partial charge is 0.308 e. The molecule has 0 fully saturated rings. The fourth-order valence-electron chi connectivity index (χ4n) is 1.94. The first kappa shape index (κ1) is 16.9. The third-order valence-corrected chi connectivity index (χ3v) is 5.08. The molecule has 0 saturated carbocycles. The number of aliphatic carboxylic acids is 1. The summed E-state index contributed by atoms with van der Waals surface area (Å²) in [6, 6.07) is 5.52. The number of halogens is 1. The molecule has 118 valence electrons. The molecular formula is C15H17BrN2O3S. The van der Waals surface area contributed by atoms with Gasteiger partial charge in [0.15, 0.2) is 0 Å². The minimum absolute atomic E-state index is 0.152. The number of nitrogens with zero attached hydrogens (tertiary/aromatic N) is 1. The Hall–Kier alpha value is -1.47. The molecule has 2 aromatic rings. The zero-order chi connectivity index (χ0) is 16.3. The summed E-state index contributed by atoms with van der Waals surface area (Å²) in [6.07, 6.45) is 0.856. The number of carbonyl (C=O) groups excluding carboxylic acids is 1. The molecule has 1 aromatic carbocycles. The Morgan fingerprint density at radius 1 is 1.41 bits per heavy atom. The number of hydrogen-bond donors (Lipinski definition) is 2. The van der Waals surface area contributed by atoms with Crippen LogP contribution in [0.3, 0.4) is 0 Å². The predicted molar refractivity (Wildman–Crippen MR) is 90.0 cm³/mol. The molecule has 0 aliphatic rings. The molecule has 2 unspecified atom stereocenters. The van der Waals surface area contributed by atoms with Gasteiger partial charge in [-0.1, -0.05) is 15.9 Å². The van der Waals surface area contributed by atoms with Crippen LogP contribution in [0.25, 0.3) is 10.2 Å². The van der Waals surface area contributed by atoms with Crippen molar-refractivity contribution in [1.82, 2.24) is 10.3 Å². The summed E-state index contributed by atoms with van der Waals surface area (Å²) in [4.78, 5) is 27.3. The van der Waals surface area contributed by atoms with Crippen molar-refractivity contribution in [3.63, 3.8) is 0 Å². The van der Waals surface area contributed by atoms with Crippen LogP contribution in [0.4, 0.5) is 0 Å². The van der Waals surface area contributed by atoms with Crippen molar-refractivity contribution in [2.24, 2.45) is 5.92 Å². The number of fused-ring (bicyclic) bond motifs is 1. The fraction of sp³-hybridized carbons (Fsp3) is 0.400. The molecule has 2 N–H and O–H groups in total. The highest BCUT2D eigenvalue weighted by atomic mass is 79.9. The van der Waals surface area contributed by atoms with Crippen LogP contribution < -0.4 is 5.32 Å². The zero-order valence-corrected chi connectivity index (χ0v) is 14.7. The van der Waals surface area contributed by atoms with Gasteiger partial charge in [0.05, 0.1) is 21.1 Å². The topological polar surface area (TPSA) is 79.3 Å². The molecule has 1 aromatic heterocycles. The van der Waals surface area contributed by atoms with Crippen LogP contribution in [0.2, 0.25) is 0 Å². The van der Waals surface area contributed by atoms with Crippen molar-refractivity contribution in [3.8, 4) is 0 Å². The quantitative estimate of drug-likeness (QED) is 0.800. The van der Waals surface area contributed by atoms with Gasteiger partial charge in [-0.15, -0.1) is 11.3 Å². The number of carbonyl (C=O) groups is 2. The van der Waals surface area contributed by atoms with E-state index in [1.807, 2.05) is 18.2 Å². The second kappa shape index (κ2) is 7.19. The molecule has 1 heterocycles. The van der Waals surface area contributed by atoms with Gasteiger partial charge in [0.1, 0.15) is 0 Å². The van der Waals surface area contributed by atoms with Crippen LogP contribution in [-0.2, 0) is 16.0 Å². The maximum atomic E-state index is 11.9. The first-order valence-corrected chi connectivity index (χ1v) is 8.55. The minimum atomic E-state index is -0.912. The molecule has 1 amide bonds. The van der Waals surface area contributed by atoms with Gasteiger partial charge < -0.3 is 10.4 Å². The summed E-state index contributed by atoms with van der Waals surface area (Å²) in [7, 11) is 0. The molecule has 22 heavy (non-hydrogen) atoms. The second-order valence-electron chi connectivity index (χ2n) is 5.20. The van der Waals surface area contributed by atoms with E-state index in [-0.39, 0.29) is 5.91 Å². The molecule has 0 aliphatic carbocycles. The van der Waals surface area contributed by atoms with Crippen LogP contribution in [-0.4, -0.2) is 28.0 Å². The van der Waals surface area contributed by atoms with E-state index in [0.717, 1.165) is 19.7 Å². The summed E-state index contributed by atoms with van der Waals surface area (Å²) in [5.41, 5.74) is 0.919. The van der Waals surface area contributed by atoms with Gasteiger partial charge in [0, 0.05) is 23.4 Å². The van der Waals surface area contributed by atoms with Crippen LogP contribution in [0, 0.1) is 5.92 Å². The molecule has 2 rings (SSSR count). The summed E-state index contributed by atoms with van der Waals surface area (Å²) < 4.78 is 2.07. The Morgan fingerprint density at radius 3 is 2.82 bits per heavy atom. The Labute approximate surface area is 140 Å². The molecule has 2 atom stereocenters. The number of amides is 1. The monoisotopic (exact) mass is 384 g/mol. The number of aromatic nitrogens is 1. The average molecular weight is 385 g/mol. The van der Waals surface area contributed by atoms with Gasteiger partial charge >= 0.3 is 5.97 Å². The summed E-state index contributed by atoms with van der Waals surface area (Å²) in [5.74, 6) is -1.67. The van der Waals surface area contributed by atoms with Crippen molar-refractivity contribution in [2.45, 2.75) is 32.7 Å². The lowest BCUT2D eigenvalue weighted by atomic mass is 10.0. The van der Waals surface area contributed by atoms with Crippen LogP contribution in [0.15, 0.2) is 22.7 Å². The second-order valence-corrected chi connectivity index (χ2v) is 7.23. The Morgan fingerprint density at radius 2 is 2.14 bits per heavy atom. The average Bonchev–Trinajstić information content (AvgIpc) is 2.86. The SMILES string of the molecule is CC(NC(=O)CCc1nc2cc(Br)ccc2s1)C(C)C(=O)O. The number of aryl methyl sites for hydroxylation is 1. The molecule has 0 aliphatic heterocycles. The van der Waals surface area contributed by atoms with Crippen molar-refractivity contribution >= 4 is 49.4 Å². The molecule has 0 bridgehead atoms. The summed E-state index contributed by atoms with van der Waals surface area (Å²) >= 11 is 4.98. The first-order chi connectivity index (χ1) is 10.4. The molecule has 0 spiro atoms. The first-order valence-electron chi connectivity index (χ1n) is 6.94. The normalized spacial score (nSPS) is 13.8. The van der Waals surface area contributed by atoms with E-state index in [4.69, 9.17) is 5.11 Å². The number of carboxylic acids is 1. The van der Waals surface area contributed by atoms with E-state index in [0.29, 0.717) is 12.8 Å². The van der Waals surface area contributed by atoms with Gasteiger partial charge in [-0.2, -0.15) is 0 Å².